The summed E-state index contributed by atoms with van der Waals surface area (Å²) in [6, 6.07) is 11.3. The maximum atomic E-state index is 13.4. The molecule has 0 aromatic heterocycles. The largest absolute Gasteiger partial charge is 0.497 e. The van der Waals surface area contributed by atoms with Crippen LogP contribution in [0.1, 0.15) is 30.0 Å². The lowest BCUT2D eigenvalue weighted by atomic mass is 10.1. The van der Waals surface area contributed by atoms with Crippen molar-refractivity contribution in [3.05, 3.63) is 53.6 Å². The van der Waals surface area contributed by atoms with Crippen LogP contribution in [0, 0.1) is 6.92 Å². The van der Waals surface area contributed by atoms with Gasteiger partial charge in [0.1, 0.15) is 5.75 Å². The van der Waals surface area contributed by atoms with Gasteiger partial charge in [0.05, 0.1) is 22.9 Å². The zero-order valence-electron chi connectivity index (χ0n) is 15.5. The number of sulfone groups is 1. The van der Waals surface area contributed by atoms with E-state index < -0.39 is 19.9 Å². The molecule has 0 N–H and O–H groups in total. The first kappa shape index (κ1) is 19.9. The number of ether oxygens (including phenoxy) is 1. The molecule has 1 heterocycles. The molecule has 0 saturated carbocycles. The summed E-state index contributed by atoms with van der Waals surface area (Å²) in [5, 5.41) is 0. The van der Waals surface area contributed by atoms with Crippen molar-refractivity contribution in [1.82, 2.24) is 4.31 Å². The molecule has 8 heteroatoms. The van der Waals surface area contributed by atoms with Gasteiger partial charge in [0, 0.05) is 12.8 Å². The van der Waals surface area contributed by atoms with Crippen molar-refractivity contribution in [3.63, 3.8) is 0 Å². The fourth-order valence-electron chi connectivity index (χ4n) is 3.43. The molecule has 0 amide bonds. The molecule has 27 heavy (non-hydrogen) atoms. The Labute approximate surface area is 160 Å². The Hall–Kier alpha value is -1.90. The third-order valence-corrected chi connectivity index (χ3v) is 8.02. The van der Waals surface area contributed by atoms with Gasteiger partial charge in [0.25, 0.3) is 0 Å². The van der Waals surface area contributed by atoms with Crippen LogP contribution in [0.3, 0.4) is 0 Å². The fourth-order valence-corrected chi connectivity index (χ4v) is 6.08. The molecule has 3 rings (SSSR count). The topological polar surface area (TPSA) is 80.8 Å². The van der Waals surface area contributed by atoms with Crippen LogP contribution in [0.25, 0.3) is 0 Å². The predicted molar refractivity (Wildman–Crippen MR) is 103 cm³/mol. The number of methoxy groups -OCH3 is 1. The number of hydrogen-bond acceptors (Lipinski definition) is 5. The first-order valence-corrected chi connectivity index (χ1v) is 11.9. The van der Waals surface area contributed by atoms with Gasteiger partial charge in [0.15, 0.2) is 9.84 Å². The Bertz CT molecular complexity index is 1060. The molecule has 1 aliphatic heterocycles. The molecule has 1 saturated heterocycles. The minimum atomic E-state index is -3.84. The van der Waals surface area contributed by atoms with E-state index in [9.17, 15) is 16.8 Å². The average Bonchev–Trinajstić information content (AvgIpc) is 3.11. The van der Waals surface area contributed by atoms with Gasteiger partial charge in [-0.05, 0) is 55.2 Å². The maximum absolute atomic E-state index is 13.4. The lowest BCUT2D eigenvalue weighted by molar-refractivity contribution is 0.390. The van der Waals surface area contributed by atoms with Crippen LogP contribution in [0.4, 0.5) is 0 Å². The molecule has 0 bridgehead atoms. The number of sulfonamides is 1. The summed E-state index contributed by atoms with van der Waals surface area (Å²) in [6.07, 6.45) is 2.52. The molecular formula is C19H23NO5S2. The van der Waals surface area contributed by atoms with Crippen LogP contribution in [-0.2, 0) is 19.9 Å². The third-order valence-electron chi connectivity index (χ3n) is 4.86. The second-order valence-electron chi connectivity index (χ2n) is 6.75. The molecule has 1 atom stereocenters. The van der Waals surface area contributed by atoms with E-state index in [2.05, 4.69) is 0 Å². The van der Waals surface area contributed by atoms with Gasteiger partial charge in [-0.25, -0.2) is 16.8 Å². The van der Waals surface area contributed by atoms with E-state index in [0.717, 1.165) is 18.2 Å². The van der Waals surface area contributed by atoms with Gasteiger partial charge in [-0.3, -0.25) is 0 Å². The first-order chi connectivity index (χ1) is 12.6. The molecule has 1 aliphatic rings. The summed E-state index contributed by atoms with van der Waals surface area (Å²) in [5.74, 6) is 0.673. The smallest absolute Gasteiger partial charge is 0.243 e. The average molecular weight is 410 g/mol. The fraction of sp³-hybridized carbons (Fsp3) is 0.368. The Morgan fingerprint density at radius 2 is 1.81 bits per heavy atom. The Morgan fingerprint density at radius 1 is 1.07 bits per heavy atom. The minimum Gasteiger partial charge on any atom is -0.497 e. The van der Waals surface area contributed by atoms with Crippen molar-refractivity contribution < 1.29 is 21.6 Å². The Balaban J connectivity index is 2.06. The van der Waals surface area contributed by atoms with Gasteiger partial charge in [-0.1, -0.05) is 18.2 Å². The molecule has 1 fully saturated rings. The van der Waals surface area contributed by atoms with Crippen molar-refractivity contribution >= 4 is 19.9 Å². The molecule has 2 aromatic carbocycles. The Kier molecular flexibility index (Phi) is 5.33. The predicted octanol–water partition coefficient (Wildman–Crippen LogP) is 2.93. The molecule has 1 unspecified atom stereocenters. The summed E-state index contributed by atoms with van der Waals surface area (Å²) in [5.41, 5.74) is 1.39. The standard InChI is InChI=1S/C19H23NO5S2/c1-14-9-10-17(26(3,21)22)13-19(14)27(23,24)20-11-5-8-18(20)15-6-4-7-16(12-15)25-2/h4,6-7,9-10,12-13,18H,5,8,11H2,1-3H3. The molecule has 0 radical (unpaired) electrons. The van der Waals surface area contributed by atoms with Gasteiger partial charge in [-0.2, -0.15) is 4.31 Å². The van der Waals surface area contributed by atoms with Gasteiger partial charge in [-0.15, -0.1) is 0 Å². The molecule has 2 aromatic rings. The SMILES string of the molecule is COc1cccc(C2CCCN2S(=O)(=O)c2cc(S(C)(=O)=O)ccc2C)c1. The van der Waals surface area contributed by atoms with Crippen LogP contribution in [0.2, 0.25) is 0 Å². The second-order valence-corrected chi connectivity index (χ2v) is 10.6. The van der Waals surface area contributed by atoms with Crippen LogP contribution in [-0.4, -0.2) is 41.1 Å². The summed E-state index contributed by atoms with van der Waals surface area (Å²) < 4.78 is 57.2. The highest BCUT2D eigenvalue weighted by molar-refractivity contribution is 7.91. The monoisotopic (exact) mass is 409 g/mol. The van der Waals surface area contributed by atoms with Crippen molar-refractivity contribution in [2.45, 2.75) is 35.6 Å². The van der Waals surface area contributed by atoms with E-state index in [1.54, 1.807) is 20.1 Å². The molecule has 146 valence electrons. The number of hydrogen-bond donors (Lipinski definition) is 0. The molecule has 0 spiro atoms. The first-order valence-electron chi connectivity index (χ1n) is 8.61. The highest BCUT2D eigenvalue weighted by Gasteiger charge is 2.37. The Morgan fingerprint density at radius 3 is 2.48 bits per heavy atom. The van der Waals surface area contributed by atoms with Crippen molar-refractivity contribution in [1.29, 1.82) is 0 Å². The summed E-state index contributed by atoms with van der Waals surface area (Å²) in [6.45, 7) is 2.07. The summed E-state index contributed by atoms with van der Waals surface area (Å²) in [4.78, 5) is 0.0454. The highest BCUT2D eigenvalue weighted by Crippen LogP contribution is 2.38. The van der Waals surface area contributed by atoms with Gasteiger partial charge < -0.3 is 4.74 Å². The summed E-state index contributed by atoms with van der Waals surface area (Å²) in [7, 11) is -5.77. The van der Waals surface area contributed by atoms with Gasteiger partial charge >= 0.3 is 0 Å². The van der Waals surface area contributed by atoms with E-state index in [-0.39, 0.29) is 15.8 Å². The van der Waals surface area contributed by atoms with E-state index in [0.29, 0.717) is 24.3 Å². The maximum Gasteiger partial charge on any atom is 0.243 e. The zero-order valence-corrected chi connectivity index (χ0v) is 17.2. The van der Waals surface area contributed by atoms with Crippen molar-refractivity contribution in [2.24, 2.45) is 0 Å². The second kappa shape index (κ2) is 7.26. The number of benzene rings is 2. The quantitative estimate of drug-likeness (QED) is 0.758. The third kappa shape index (κ3) is 3.88. The van der Waals surface area contributed by atoms with Crippen LogP contribution >= 0.6 is 0 Å². The van der Waals surface area contributed by atoms with Crippen LogP contribution in [0.15, 0.2) is 52.3 Å². The number of aryl methyl sites for hydroxylation is 1. The summed E-state index contributed by atoms with van der Waals surface area (Å²) >= 11 is 0. The van der Waals surface area contributed by atoms with Crippen LogP contribution in [0.5, 0.6) is 5.75 Å². The normalized spacial score (nSPS) is 18.6. The van der Waals surface area contributed by atoms with E-state index in [1.165, 1.54) is 16.4 Å². The van der Waals surface area contributed by atoms with E-state index in [1.807, 2.05) is 24.3 Å². The lowest BCUT2D eigenvalue weighted by Crippen LogP contribution is -2.31. The molecule has 0 aliphatic carbocycles. The molecular weight excluding hydrogens is 386 g/mol. The van der Waals surface area contributed by atoms with Crippen molar-refractivity contribution in [2.75, 3.05) is 19.9 Å². The number of rotatable bonds is 5. The number of nitrogens with zero attached hydrogens (tertiary/aromatic N) is 1. The lowest BCUT2D eigenvalue weighted by Gasteiger charge is -2.25. The van der Waals surface area contributed by atoms with E-state index in [4.69, 9.17) is 4.74 Å². The zero-order chi connectivity index (χ0) is 19.8. The highest BCUT2D eigenvalue weighted by atomic mass is 32.2. The van der Waals surface area contributed by atoms with Crippen molar-refractivity contribution in [3.8, 4) is 5.75 Å². The van der Waals surface area contributed by atoms with E-state index >= 15 is 0 Å². The minimum absolute atomic E-state index is 0.00352. The van der Waals surface area contributed by atoms with Gasteiger partial charge in [0.2, 0.25) is 10.0 Å². The van der Waals surface area contributed by atoms with Crippen LogP contribution < -0.4 is 4.74 Å². The molecule has 6 nitrogen and oxygen atoms in total.